The number of methoxy groups -OCH3 is 3. The van der Waals surface area contributed by atoms with Crippen LogP contribution in [-0.4, -0.2) is 32.2 Å². The highest BCUT2D eigenvalue weighted by atomic mass is 19.1. The maximum absolute atomic E-state index is 13.3. The summed E-state index contributed by atoms with van der Waals surface area (Å²) in [6.07, 6.45) is 0. The predicted molar refractivity (Wildman–Crippen MR) is 121 cm³/mol. The van der Waals surface area contributed by atoms with Crippen molar-refractivity contribution in [2.75, 3.05) is 26.6 Å². The summed E-state index contributed by atoms with van der Waals surface area (Å²) < 4.78 is 29.3. The van der Waals surface area contributed by atoms with Gasteiger partial charge < -0.3 is 19.5 Å². The second-order valence-corrected chi connectivity index (χ2v) is 7.00. The smallest absolute Gasteiger partial charge is 0.255 e. The zero-order valence-corrected chi connectivity index (χ0v) is 17.8. The van der Waals surface area contributed by atoms with Crippen molar-refractivity contribution >= 4 is 22.5 Å². The van der Waals surface area contributed by atoms with Crippen LogP contribution in [0.15, 0.2) is 66.7 Å². The van der Waals surface area contributed by atoms with E-state index in [-0.39, 0.29) is 11.7 Å². The van der Waals surface area contributed by atoms with E-state index in [1.165, 1.54) is 26.4 Å². The molecule has 1 amide bonds. The maximum Gasteiger partial charge on any atom is 0.255 e. The Balaban J connectivity index is 1.67. The molecule has 4 aromatic rings. The number of carbonyl (C=O) groups excluding carboxylic acids is 1. The molecule has 1 N–H and O–H groups in total. The van der Waals surface area contributed by atoms with Crippen LogP contribution in [-0.2, 0) is 0 Å². The van der Waals surface area contributed by atoms with Gasteiger partial charge in [0.2, 0.25) is 0 Å². The van der Waals surface area contributed by atoms with Crippen molar-refractivity contribution in [2.24, 2.45) is 0 Å². The van der Waals surface area contributed by atoms with Crippen molar-refractivity contribution in [1.29, 1.82) is 0 Å². The zero-order valence-electron chi connectivity index (χ0n) is 17.8. The molecule has 0 bridgehead atoms. The molecule has 6 nitrogen and oxygen atoms in total. The van der Waals surface area contributed by atoms with Crippen LogP contribution in [0, 0.1) is 5.82 Å². The lowest BCUT2D eigenvalue weighted by molar-refractivity contribution is 0.102. The Kier molecular flexibility index (Phi) is 5.89. The van der Waals surface area contributed by atoms with E-state index < -0.39 is 0 Å². The van der Waals surface area contributed by atoms with E-state index in [0.717, 1.165) is 10.9 Å². The molecule has 0 saturated heterocycles. The molecule has 0 fully saturated rings. The number of hydrogen-bond acceptors (Lipinski definition) is 5. The summed E-state index contributed by atoms with van der Waals surface area (Å²) in [7, 11) is 4.62. The van der Waals surface area contributed by atoms with Crippen molar-refractivity contribution in [1.82, 2.24) is 4.98 Å². The number of fused-ring (bicyclic) bond motifs is 1. The molecule has 1 heterocycles. The Morgan fingerprint density at radius 3 is 2.16 bits per heavy atom. The Labute approximate surface area is 184 Å². The number of aromatic nitrogens is 1. The van der Waals surface area contributed by atoms with Crippen LogP contribution in [0.1, 0.15) is 10.4 Å². The Hall–Kier alpha value is -4.13. The SMILES string of the molecule is COc1cc(OC)cc(C(=O)Nc2ccc3nc(-c4ccc(F)cc4)cc(OC)c3c2)c1. The number of halogens is 1. The van der Waals surface area contributed by atoms with Crippen LogP contribution in [0.2, 0.25) is 0 Å². The van der Waals surface area contributed by atoms with E-state index in [4.69, 9.17) is 14.2 Å². The molecule has 0 radical (unpaired) electrons. The molecule has 0 unspecified atom stereocenters. The van der Waals surface area contributed by atoms with Gasteiger partial charge in [-0.05, 0) is 54.6 Å². The average molecular weight is 432 g/mol. The summed E-state index contributed by atoms with van der Waals surface area (Å²) in [6.45, 7) is 0. The van der Waals surface area contributed by atoms with Gasteiger partial charge in [0.25, 0.3) is 5.91 Å². The molecule has 0 aliphatic heterocycles. The largest absolute Gasteiger partial charge is 0.497 e. The normalized spacial score (nSPS) is 10.6. The summed E-state index contributed by atoms with van der Waals surface area (Å²) in [5.41, 5.74) is 3.10. The third-order valence-corrected chi connectivity index (χ3v) is 5.00. The summed E-state index contributed by atoms with van der Waals surface area (Å²) in [5, 5.41) is 3.62. The van der Waals surface area contributed by atoms with E-state index in [0.29, 0.717) is 39.7 Å². The number of nitrogens with one attached hydrogen (secondary N) is 1. The molecule has 32 heavy (non-hydrogen) atoms. The summed E-state index contributed by atoms with van der Waals surface area (Å²) >= 11 is 0. The summed E-state index contributed by atoms with van der Waals surface area (Å²) in [6, 6.07) is 18.2. The number of benzene rings is 3. The maximum atomic E-state index is 13.3. The number of pyridine rings is 1. The Morgan fingerprint density at radius 1 is 0.844 bits per heavy atom. The third kappa shape index (κ3) is 4.32. The van der Waals surface area contributed by atoms with Gasteiger partial charge in [0.05, 0.1) is 32.5 Å². The number of hydrogen-bond donors (Lipinski definition) is 1. The molecule has 4 rings (SSSR count). The van der Waals surface area contributed by atoms with E-state index in [2.05, 4.69) is 10.3 Å². The van der Waals surface area contributed by atoms with Gasteiger partial charge >= 0.3 is 0 Å². The van der Waals surface area contributed by atoms with Crippen LogP contribution in [0.4, 0.5) is 10.1 Å². The Morgan fingerprint density at radius 2 is 1.53 bits per heavy atom. The second-order valence-electron chi connectivity index (χ2n) is 7.00. The van der Waals surface area contributed by atoms with E-state index in [1.807, 2.05) is 0 Å². The third-order valence-electron chi connectivity index (χ3n) is 5.00. The van der Waals surface area contributed by atoms with Crippen LogP contribution in [0.25, 0.3) is 22.2 Å². The van der Waals surface area contributed by atoms with Crippen molar-refractivity contribution < 1.29 is 23.4 Å². The van der Waals surface area contributed by atoms with Gasteiger partial charge in [-0.15, -0.1) is 0 Å². The van der Waals surface area contributed by atoms with Crippen LogP contribution < -0.4 is 19.5 Å². The molecule has 0 saturated carbocycles. The van der Waals surface area contributed by atoms with Gasteiger partial charge in [-0.2, -0.15) is 0 Å². The van der Waals surface area contributed by atoms with Crippen LogP contribution in [0.5, 0.6) is 17.2 Å². The number of carbonyl (C=O) groups is 1. The number of amides is 1. The molecule has 7 heteroatoms. The highest BCUT2D eigenvalue weighted by Gasteiger charge is 2.13. The first-order valence-electron chi connectivity index (χ1n) is 9.80. The van der Waals surface area contributed by atoms with E-state index in [9.17, 15) is 9.18 Å². The molecule has 1 aromatic heterocycles. The first kappa shape index (κ1) is 21.1. The minimum atomic E-state index is -0.310. The monoisotopic (exact) mass is 432 g/mol. The molecule has 0 spiro atoms. The summed E-state index contributed by atoms with van der Waals surface area (Å²) in [5.74, 6) is 1.01. The average Bonchev–Trinajstić information content (AvgIpc) is 2.83. The second kappa shape index (κ2) is 8.93. The van der Waals surface area contributed by atoms with E-state index in [1.54, 1.807) is 61.7 Å². The topological polar surface area (TPSA) is 69.7 Å². The summed E-state index contributed by atoms with van der Waals surface area (Å²) in [4.78, 5) is 17.5. The number of anilines is 1. The fourth-order valence-electron chi connectivity index (χ4n) is 3.35. The van der Waals surface area contributed by atoms with Crippen LogP contribution >= 0.6 is 0 Å². The van der Waals surface area contributed by atoms with E-state index >= 15 is 0 Å². The number of nitrogens with zero attached hydrogens (tertiary/aromatic N) is 1. The molecular weight excluding hydrogens is 411 g/mol. The first-order chi connectivity index (χ1) is 15.5. The zero-order chi connectivity index (χ0) is 22.7. The molecule has 0 atom stereocenters. The fraction of sp³-hybridized carbons (Fsp3) is 0.120. The standard InChI is InChI=1S/C25H21FN2O4/c1-30-19-10-16(11-20(13-19)31-2)25(29)27-18-8-9-22-21(12-18)24(32-3)14-23(28-22)15-4-6-17(26)7-5-15/h4-14H,1-3H3,(H,27,29). The van der Waals surface area contributed by atoms with Crippen LogP contribution in [0.3, 0.4) is 0 Å². The van der Waals surface area contributed by atoms with Gasteiger partial charge in [-0.1, -0.05) is 0 Å². The van der Waals surface area contributed by atoms with Gasteiger partial charge in [0.1, 0.15) is 23.1 Å². The fourth-order valence-corrected chi connectivity index (χ4v) is 3.35. The quantitative estimate of drug-likeness (QED) is 0.447. The molecule has 0 aliphatic rings. The Bertz CT molecular complexity index is 1270. The lowest BCUT2D eigenvalue weighted by Crippen LogP contribution is -2.12. The van der Waals surface area contributed by atoms with Gasteiger partial charge in [-0.25, -0.2) is 9.37 Å². The van der Waals surface area contributed by atoms with Gasteiger partial charge in [-0.3, -0.25) is 4.79 Å². The predicted octanol–water partition coefficient (Wildman–Crippen LogP) is 5.32. The molecule has 0 aliphatic carbocycles. The van der Waals surface area contributed by atoms with Crippen molar-refractivity contribution in [3.05, 3.63) is 78.1 Å². The van der Waals surface area contributed by atoms with Gasteiger partial charge in [0.15, 0.2) is 0 Å². The van der Waals surface area contributed by atoms with Crippen molar-refractivity contribution in [2.45, 2.75) is 0 Å². The van der Waals surface area contributed by atoms with Crippen molar-refractivity contribution in [3.63, 3.8) is 0 Å². The van der Waals surface area contributed by atoms with Gasteiger partial charge in [0, 0.05) is 34.3 Å². The highest BCUT2D eigenvalue weighted by Crippen LogP contribution is 2.32. The molecule has 162 valence electrons. The van der Waals surface area contributed by atoms with Crippen molar-refractivity contribution in [3.8, 4) is 28.5 Å². The lowest BCUT2D eigenvalue weighted by atomic mass is 10.1. The number of ether oxygens (including phenoxy) is 3. The minimum Gasteiger partial charge on any atom is -0.497 e. The molecular formula is C25H21FN2O4. The minimum absolute atomic E-state index is 0.309. The number of rotatable bonds is 6. The lowest BCUT2D eigenvalue weighted by Gasteiger charge is -2.12. The first-order valence-corrected chi connectivity index (χ1v) is 9.80. The highest BCUT2D eigenvalue weighted by molar-refractivity contribution is 6.06. The molecule has 3 aromatic carbocycles.